The molecule has 10 heteroatoms. The molecule has 0 bridgehead atoms. The van der Waals surface area contributed by atoms with Crippen molar-refractivity contribution >= 4 is 39.0 Å². The van der Waals surface area contributed by atoms with E-state index >= 15 is 0 Å². The summed E-state index contributed by atoms with van der Waals surface area (Å²) in [6, 6.07) is 27.7. The average molecular weight is 544 g/mol. The first-order valence-electron chi connectivity index (χ1n) is 12.0. The molecule has 0 aliphatic rings. The molecule has 0 heterocycles. The number of amides is 1. The van der Waals surface area contributed by atoms with E-state index in [9.17, 15) is 13.2 Å². The van der Waals surface area contributed by atoms with E-state index in [0.29, 0.717) is 28.1 Å². The van der Waals surface area contributed by atoms with Gasteiger partial charge in [0.1, 0.15) is 10.6 Å². The smallest absolute Gasteiger partial charge is 0.265 e. The third-order valence-corrected chi connectivity index (χ3v) is 7.13. The van der Waals surface area contributed by atoms with Crippen molar-refractivity contribution in [3.63, 3.8) is 0 Å². The van der Waals surface area contributed by atoms with Gasteiger partial charge in [0, 0.05) is 31.0 Å². The van der Waals surface area contributed by atoms with Crippen LogP contribution in [-0.2, 0) is 10.0 Å². The molecule has 39 heavy (non-hydrogen) atoms. The maximum atomic E-state index is 13.5. The van der Waals surface area contributed by atoms with Crippen LogP contribution in [0.4, 0.5) is 17.1 Å². The molecule has 0 spiro atoms. The fourth-order valence-corrected chi connectivity index (χ4v) is 5.11. The van der Waals surface area contributed by atoms with E-state index in [0.717, 1.165) is 5.69 Å². The number of nitrogens with zero attached hydrogens (tertiary/aromatic N) is 1. The fraction of sp³-hybridized carbons (Fsp3) is 0.103. The van der Waals surface area contributed by atoms with Crippen molar-refractivity contribution < 1.29 is 17.9 Å². The Hall–Kier alpha value is -4.83. The van der Waals surface area contributed by atoms with Crippen molar-refractivity contribution in [2.75, 3.05) is 36.6 Å². The molecule has 9 nitrogen and oxygen atoms in total. The second-order valence-corrected chi connectivity index (χ2v) is 10.5. The highest BCUT2D eigenvalue weighted by molar-refractivity contribution is 7.92. The summed E-state index contributed by atoms with van der Waals surface area (Å²) in [5.74, 6) is 0.0564. The van der Waals surface area contributed by atoms with Crippen LogP contribution in [0.1, 0.15) is 10.4 Å². The summed E-state index contributed by atoms with van der Waals surface area (Å²) in [5, 5.41) is 14.0. The summed E-state index contributed by atoms with van der Waals surface area (Å²) in [6.45, 7) is 0. The predicted molar refractivity (Wildman–Crippen MR) is 155 cm³/mol. The first kappa shape index (κ1) is 27.2. The second-order valence-electron chi connectivity index (χ2n) is 8.82. The molecule has 4 aromatic rings. The molecular formula is C29H29N5O4S. The summed E-state index contributed by atoms with van der Waals surface area (Å²) in [4.78, 5) is 13.9. The monoisotopic (exact) mass is 543 g/mol. The number of guanidine groups is 1. The predicted octanol–water partition coefficient (Wildman–Crippen LogP) is 5.32. The first-order chi connectivity index (χ1) is 18.7. The Bertz CT molecular complexity index is 1610. The van der Waals surface area contributed by atoms with Gasteiger partial charge in [0.2, 0.25) is 0 Å². The number of anilines is 3. The minimum atomic E-state index is -4.07. The highest BCUT2D eigenvalue weighted by Gasteiger charge is 2.21. The van der Waals surface area contributed by atoms with Crippen LogP contribution in [0.15, 0.2) is 102 Å². The molecule has 0 unspecified atom stereocenters. The van der Waals surface area contributed by atoms with E-state index in [1.807, 2.05) is 36.4 Å². The van der Waals surface area contributed by atoms with Gasteiger partial charge in [0.05, 0.1) is 12.8 Å². The van der Waals surface area contributed by atoms with E-state index in [1.54, 1.807) is 68.7 Å². The number of rotatable bonds is 8. The number of ether oxygens (including phenoxy) is 1. The second kappa shape index (κ2) is 11.7. The van der Waals surface area contributed by atoms with Crippen LogP contribution in [0.5, 0.6) is 5.75 Å². The molecule has 0 aliphatic carbocycles. The van der Waals surface area contributed by atoms with E-state index in [-0.39, 0.29) is 22.5 Å². The Balaban J connectivity index is 1.58. The number of carbonyl (C=O) groups is 1. The maximum Gasteiger partial charge on any atom is 0.265 e. The van der Waals surface area contributed by atoms with Crippen LogP contribution >= 0.6 is 0 Å². The summed E-state index contributed by atoms with van der Waals surface area (Å²) in [7, 11) is 0.681. The lowest BCUT2D eigenvalue weighted by molar-refractivity contribution is 0.0827. The summed E-state index contributed by atoms with van der Waals surface area (Å²) in [5.41, 5.74) is 3.37. The Morgan fingerprint density at radius 2 is 1.41 bits per heavy atom. The number of para-hydroxylation sites is 1. The van der Waals surface area contributed by atoms with Gasteiger partial charge in [-0.2, -0.15) is 0 Å². The Morgan fingerprint density at radius 1 is 0.769 bits per heavy atom. The van der Waals surface area contributed by atoms with Crippen molar-refractivity contribution in [1.29, 1.82) is 5.41 Å². The average Bonchev–Trinajstić information content (AvgIpc) is 2.92. The number of hydrogen-bond donors (Lipinski definition) is 4. The van der Waals surface area contributed by atoms with Gasteiger partial charge >= 0.3 is 0 Å². The molecule has 4 rings (SSSR count). The van der Waals surface area contributed by atoms with Crippen LogP contribution in [-0.4, -0.2) is 46.4 Å². The van der Waals surface area contributed by atoms with Gasteiger partial charge in [-0.05, 0) is 65.7 Å². The van der Waals surface area contributed by atoms with Crippen LogP contribution in [0.25, 0.3) is 11.1 Å². The number of methoxy groups -OCH3 is 1. The SMILES string of the molecule is COc1ccc(-c2cccc(C(=O)N(C)C)c2)cc1S(=O)(=O)Nc1cccc(NC(=N)Nc2ccccc2)c1. The third kappa shape index (κ3) is 6.74. The first-order valence-corrected chi connectivity index (χ1v) is 13.5. The Labute approximate surface area is 228 Å². The van der Waals surface area contributed by atoms with E-state index in [1.165, 1.54) is 18.1 Å². The van der Waals surface area contributed by atoms with E-state index in [2.05, 4.69) is 15.4 Å². The molecule has 0 atom stereocenters. The number of carbonyl (C=O) groups excluding carboxylic acids is 1. The summed E-state index contributed by atoms with van der Waals surface area (Å²) >= 11 is 0. The largest absolute Gasteiger partial charge is 0.495 e. The Morgan fingerprint density at radius 3 is 2.13 bits per heavy atom. The Kier molecular flexibility index (Phi) is 8.16. The van der Waals surface area contributed by atoms with E-state index in [4.69, 9.17) is 10.1 Å². The van der Waals surface area contributed by atoms with Gasteiger partial charge in [0.15, 0.2) is 5.96 Å². The summed E-state index contributed by atoms with van der Waals surface area (Å²) < 4.78 is 34.9. The molecule has 0 radical (unpaired) electrons. The van der Waals surface area contributed by atoms with Crippen LogP contribution < -0.4 is 20.1 Å². The van der Waals surface area contributed by atoms with Crippen LogP contribution in [0, 0.1) is 5.41 Å². The van der Waals surface area contributed by atoms with Crippen molar-refractivity contribution in [3.8, 4) is 16.9 Å². The number of hydrogen-bond acceptors (Lipinski definition) is 5. The topological polar surface area (TPSA) is 124 Å². The lowest BCUT2D eigenvalue weighted by atomic mass is 10.0. The molecular weight excluding hydrogens is 514 g/mol. The van der Waals surface area contributed by atoms with Gasteiger partial charge in [-0.3, -0.25) is 14.9 Å². The molecule has 1 amide bonds. The highest BCUT2D eigenvalue weighted by Crippen LogP contribution is 2.32. The van der Waals surface area contributed by atoms with Crippen LogP contribution in [0.3, 0.4) is 0 Å². The van der Waals surface area contributed by atoms with Gasteiger partial charge in [-0.25, -0.2) is 8.42 Å². The summed E-state index contributed by atoms with van der Waals surface area (Å²) in [6.07, 6.45) is 0. The minimum absolute atomic E-state index is 0.0329. The molecule has 200 valence electrons. The lowest BCUT2D eigenvalue weighted by Gasteiger charge is -2.15. The standard InChI is InChI=1S/C29H29N5O4S/c1-34(2)28(35)22-10-7-9-20(17-22)21-15-16-26(38-3)27(18-21)39(36,37)33-25-14-8-13-24(19-25)32-29(30)31-23-11-5-4-6-12-23/h4-19,33H,1-3H3,(H3,30,31,32). The molecule has 0 saturated carbocycles. The minimum Gasteiger partial charge on any atom is -0.495 e. The molecule has 0 aromatic heterocycles. The number of nitrogens with one attached hydrogen (secondary N) is 4. The zero-order chi connectivity index (χ0) is 28.0. The van der Waals surface area contributed by atoms with Crippen molar-refractivity contribution in [2.45, 2.75) is 4.90 Å². The van der Waals surface area contributed by atoms with Gasteiger partial charge in [-0.1, -0.05) is 42.5 Å². The molecule has 0 fully saturated rings. The molecule has 0 saturated heterocycles. The molecule has 4 aromatic carbocycles. The highest BCUT2D eigenvalue weighted by atomic mass is 32.2. The van der Waals surface area contributed by atoms with Gasteiger partial charge in [0.25, 0.3) is 15.9 Å². The zero-order valence-corrected chi connectivity index (χ0v) is 22.5. The van der Waals surface area contributed by atoms with Crippen LogP contribution in [0.2, 0.25) is 0 Å². The van der Waals surface area contributed by atoms with Crippen molar-refractivity contribution in [2.24, 2.45) is 0 Å². The van der Waals surface area contributed by atoms with Crippen molar-refractivity contribution in [3.05, 3.63) is 103 Å². The number of sulfonamides is 1. The lowest BCUT2D eigenvalue weighted by Crippen LogP contribution is -2.21. The van der Waals surface area contributed by atoms with E-state index < -0.39 is 10.0 Å². The molecule has 0 aliphatic heterocycles. The third-order valence-electron chi connectivity index (χ3n) is 5.73. The number of benzene rings is 4. The van der Waals surface area contributed by atoms with Gasteiger partial charge in [-0.15, -0.1) is 0 Å². The zero-order valence-electron chi connectivity index (χ0n) is 21.7. The fourth-order valence-electron chi connectivity index (χ4n) is 3.87. The maximum absolute atomic E-state index is 13.5. The van der Waals surface area contributed by atoms with Gasteiger partial charge < -0.3 is 20.3 Å². The molecule has 4 N–H and O–H groups in total. The normalized spacial score (nSPS) is 10.8. The quantitative estimate of drug-likeness (QED) is 0.176. The van der Waals surface area contributed by atoms with Crippen molar-refractivity contribution in [1.82, 2.24) is 4.90 Å².